The molecule has 1 aliphatic rings. The highest BCUT2D eigenvalue weighted by molar-refractivity contribution is 5.79. The van der Waals surface area contributed by atoms with Gasteiger partial charge in [0.25, 0.3) is 0 Å². The van der Waals surface area contributed by atoms with Crippen LogP contribution in [0.5, 0.6) is 0 Å². The number of aromatic nitrogens is 4. The van der Waals surface area contributed by atoms with Gasteiger partial charge < -0.3 is 9.32 Å². The molecule has 6 heteroatoms. The molecule has 0 bridgehead atoms. The van der Waals surface area contributed by atoms with Crippen LogP contribution in [0.1, 0.15) is 26.0 Å². The van der Waals surface area contributed by atoms with Gasteiger partial charge in [-0.25, -0.2) is 9.97 Å². The van der Waals surface area contributed by atoms with Gasteiger partial charge in [0.15, 0.2) is 0 Å². The Morgan fingerprint density at radius 3 is 2.50 bits per heavy atom. The summed E-state index contributed by atoms with van der Waals surface area (Å²) in [7, 11) is 0. The lowest BCUT2D eigenvalue weighted by molar-refractivity contribution is 0.353. The van der Waals surface area contributed by atoms with Crippen LogP contribution >= 0.6 is 0 Å². The van der Waals surface area contributed by atoms with Crippen molar-refractivity contribution in [3.8, 4) is 22.5 Å². The van der Waals surface area contributed by atoms with Crippen molar-refractivity contribution in [2.24, 2.45) is 11.8 Å². The standard InChI is InChI=1S/C20H23N5O/c1-13-8-14(2)12-25(11-13)20-23-9-17(18-10-21-5-6-22-18)19(24-20)16-4-7-26-15(16)3/h4-7,9-10,13-14H,8,11-12H2,1-3H3/t13-,14-/m0/s1. The zero-order chi connectivity index (χ0) is 18.1. The third kappa shape index (κ3) is 3.19. The lowest BCUT2D eigenvalue weighted by Crippen LogP contribution is -2.39. The zero-order valence-corrected chi connectivity index (χ0v) is 15.4. The summed E-state index contributed by atoms with van der Waals surface area (Å²) in [6, 6.07) is 1.95. The van der Waals surface area contributed by atoms with Gasteiger partial charge in [-0.2, -0.15) is 0 Å². The summed E-state index contributed by atoms with van der Waals surface area (Å²) in [4.78, 5) is 20.5. The maximum atomic E-state index is 5.52. The van der Waals surface area contributed by atoms with Crippen molar-refractivity contribution < 1.29 is 4.42 Å². The largest absolute Gasteiger partial charge is 0.469 e. The summed E-state index contributed by atoms with van der Waals surface area (Å²) in [6.07, 6.45) is 9.89. The van der Waals surface area contributed by atoms with E-state index in [1.807, 2.05) is 19.2 Å². The highest BCUT2D eigenvalue weighted by atomic mass is 16.3. The van der Waals surface area contributed by atoms with Gasteiger partial charge in [-0.15, -0.1) is 0 Å². The van der Waals surface area contributed by atoms with Crippen LogP contribution in [0.3, 0.4) is 0 Å². The van der Waals surface area contributed by atoms with E-state index in [0.29, 0.717) is 11.8 Å². The van der Waals surface area contributed by atoms with Crippen LogP contribution in [-0.4, -0.2) is 33.0 Å². The first-order valence-corrected chi connectivity index (χ1v) is 9.04. The molecule has 26 heavy (non-hydrogen) atoms. The fourth-order valence-corrected chi connectivity index (χ4v) is 3.81. The number of furan rings is 1. The molecule has 1 fully saturated rings. The third-order valence-electron chi connectivity index (χ3n) is 4.88. The van der Waals surface area contributed by atoms with Gasteiger partial charge in [0.05, 0.1) is 23.8 Å². The molecule has 134 valence electrons. The fourth-order valence-electron chi connectivity index (χ4n) is 3.81. The van der Waals surface area contributed by atoms with Gasteiger partial charge >= 0.3 is 0 Å². The van der Waals surface area contributed by atoms with Crippen molar-refractivity contribution in [3.05, 3.63) is 42.9 Å². The Labute approximate surface area is 153 Å². The van der Waals surface area contributed by atoms with Gasteiger partial charge in [0, 0.05) is 42.8 Å². The lowest BCUT2D eigenvalue weighted by atomic mass is 9.92. The molecule has 0 aliphatic carbocycles. The number of anilines is 1. The number of nitrogens with zero attached hydrogens (tertiary/aromatic N) is 5. The van der Waals surface area contributed by atoms with E-state index >= 15 is 0 Å². The van der Waals surface area contributed by atoms with Gasteiger partial charge in [0.1, 0.15) is 5.76 Å². The number of rotatable bonds is 3. The SMILES string of the molecule is Cc1occc1-c1nc(N2C[C@@H](C)C[C@H](C)C2)ncc1-c1cnccn1. The molecule has 0 radical (unpaired) electrons. The molecule has 1 aliphatic heterocycles. The summed E-state index contributed by atoms with van der Waals surface area (Å²) in [5.74, 6) is 2.88. The van der Waals surface area contributed by atoms with Crippen molar-refractivity contribution in [2.45, 2.75) is 27.2 Å². The van der Waals surface area contributed by atoms with Crippen LogP contribution in [0.15, 0.2) is 41.5 Å². The van der Waals surface area contributed by atoms with E-state index in [-0.39, 0.29) is 0 Å². The van der Waals surface area contributed by atoms with Gasteiger partial charge in [-0.1, -0.05) is 13.8 Å². The summed E-state index contributed by atoms with van der Waals surface area (Å²) in [6.45, 7) is 8.50. The first kappa shape index (κ1) is 16.7. The van der Waals surface area contributed by atoms with E-state index in [4.69, 9.17) is 9.40 Å². The van der Waals surface area contributed by atoms with Crippen molar-refractivity contribution in [1.82, 2.24) is 19.9 Å². The van der Waals surface area contributed by atoms with Gasteiger partial charge in [-0.05, 0) is 31.2 Å². The van der Waals surface area contributed by atoms with Crippen LogP contribution in [0.2, 0.25) is 0 Å². The molecule has 0 unspecified atom stereocenters. The Kier molecular flexibility index (Phi) is 4.41. The zero-order valence-electron chi connectivity index (χ0n) is 15.4. The van der Waals surface area contributed by atoms with Crippen molar-refractivity contribution >= 4 is 5.95 Å². The minimum Gasteiger partial charge on any atom is -0.469 e. The second kappa shape index (κ2) is 6.86. The lowest BCUT2D eigenvalue weighted by Gasteiger charge is -2.35. The number of aryl methyl sites for hydroxylation is 1. The molecule has 0 N–H and O–H groups in total. The average Bonchev–Trinajstić information content (AvgIpc) is 3.07. The van der Waals surface area contributed by atoms with E-state index < -0.39 is 0 Å². The van der Waals surface area contributed by atoms with E-state index in [2.05, 4.69) is 33.7 Å². The molecule has 0 amide bonds. The van der Waals surface area contributed by atoms with Crippen LogP contribution in [0, 0.1) is 18.8 Å². The van der Waals surface area contributed by atoms with E-state index in [9.17, 15) is 0 Å². The second-order valence-electron chi connectivity index (χ2n) is 7.26. The monoisotopic (exact) mass is 349 g/mol. The van der Waals surface area contributed by atoms with Crippen LogP contribution in [0.25, 0.3) is 22.5 Å². The third-order valence-corrected chi connectivity index (χ3v) is 4.88. The maximum Gasteiger partial charge on any atom is 0.225 e. The summed E-state index contributed by atoms with van der Waals surface area (Å²) >= 11 is 0. The number of hydrogen-bond acceptors (Lipinski definition) is 6. The molecule has 1 saturated heterocycles. The summed E-state index contributed by atoms with van der Waals surface area (Å²) < 4.78 is 5.52. The maximum absolute atomic E-state index is 5.52. The molecule has 0 spiro atoms. The summed E-state index contributed by atoms with van der Waals surface area (Å²) in [5, 5.41) is 0. The molecule has 0 aromatic carbocycles. The minimum absolute atomic E-state index is 0.640. The Hall–Kier alpha value is -2.76. The fraction of sp³-hybridized carbons (Fsp3) is 0.400. The van der Waals surface area contributed by atoms with Gasteiger partial charge in [0.2, 0.25) is 5.95 Å². The molecular weight excluding hydrogens is 326 g/mol. The molecule has 0 saturated carbocycles. The van der Waals surface area contributed by atoms with Crippen molar-refractivity contribution in [2.75, 3.05) is 18.0 Å². The first-order valence-electron chi connectivity index (χ1n) is 9.04. The highest BCUT2D eigenvalue weighted by Crippen LogP contribution is 2.33. The molecule has 6 nitrogen and oxygen atoms in total. The van der Waals surface area contributed by atoms with Crippen LogP contribution in [-0.2, 0) is 0 Å². The summed E-state index contributed by atoms with van der Waals surface area (Å²) in [5.41, 5.74) is 3.43. The van der Waals surface area contributed by atoms with Gasteiger partial charge in [-0.3, -0.25) is 9.97 Å². The molecule has 4 heterocycles. The molecule has 4 rings (SSSR count). The normalized spacial score (nSPS) is 20.3. The van der Waals surface area contributed by atoms with Crippen LogP contribution in [0.4, 0.5) is 5.95 Å². The Balaban J connectivity index is 1.81. The van der Waals surface area contributed by atoms with Crippen molar-refractivity contribution in [3.63, 3.8) is 0 Å². The van der Waals surface area contributed by atoms with Crippen molar-refractivity contribution in [1.29, 1.82) is 0 Å². The molecule has 3 aromatic heterocycles. The highest BCUT2D eigenvalue weighted by Gasteiger charge is 2.25. The van der Waals surface area contributed by atoms with E-state index in [1.54, 1.807) is 24.9 Å². The second-order valence-corrected chi connectivity index (χ2v) is 7.26. The van der Waals surface area contributed by atoms with E-state index in [1.165, 1.54) is 6.42 Å². The number of hydrogen-bond donors (Lipinski definition) is 0. The predicted molar refractivity (Wildman–Crippen MR) is 101 cm³/mol. The predicted octanol–water partition coefficient (Wildman–Crippen LogP) is 3.98. The number of piperidine rings is 1. The average molecular weight is 349 g/mol. The Morgan fingerprint density at radius 1 is 1.04 bits per heavy atom. The minimum atomic E-state index is 0.640. The Morgan fingerprint density at radius 2 is 1.85 bits per heavy atom. The topological polar surface area (TPSA) is 67.9 Å². The molecule has 2 atom stereocenters. The van der Waals surface area contributed by atoms with E-state index in [0.717, 1.165) is 47.3 Å². The molecule has 3 aromatic rings. The quantitative estimate of drug-likeness (QED) is 0.712. The van der Waals surface area contributed by atoms with Crippen LogP contribution < -0.4 is 4.90 Å². The first-order chi connectivity index (χ1) is 12.6. The smallest absolute Gasteiger partial charge is 0.225 e. The Bertz CT molecular complexity index is 882. The molecular formula is C20H23N5O.